The Balaban J connectivity index is 2.71. The Morgan fingerprint density at radius 3 is 2.21 bits per heavy atom. The molecule has 0 aromatic heterocycles. The zero-order valence-corrected chi connectivity index (χ0v) is 12.5. The molecule has 0 unspecified atom stereocenters. The highest BCUT2D eigenvalue weighted by Crippen LogP contribution is 2.17. The minimum Gasteiger partial charge on any atom is -0.481 e. The molecule has 1 heterocycles. The molecule has 0 aromatic rings. The van der Waals surface area contributed by atoms with Crippen LogP contribution in [0.5, 0.6) is 0 Å². The molecule has 1 aliphatic rings. The van der Waals surface area contributed by atoms with Crippen LogP contribution in [-0.4, -0.2) is 67.8 Å². The molecule has 2 amide bonds. The number of aliphatic carboxylic acids is 1. The molecule has 1 fully saturated rings. The predicted octanol–water partition coefficient (Wildman–Crippen LogP) is 0.746. The van der Waals surface area contributed by atoms with Crippen molar-refractivity contribution >= 4 is 22.8 Å². The Morgan fingerprint density at radius 2 is 1.79 bits per heavy atom. The predicted molar refractivity (Wildman–Crippen MR) is 73.6 cm³/mol. The maximum absolute atomic E-state index is 12.4. The van der Waals surface area contributed by atoms with Crippen LogP contribution in [-0.2, 0) is 15.6 Å². The normalized spacial score (nSPS) is 17.3. The van der Waals surface area contributed by atoms with Crippen molar-refractivity contribution in [1.29, 1.82) is 0 Å². The summed E-state index contributed by atoms with van der Waals surface area (Å²) in [6.45, 7) is 6.80. The Labute approximate surface area is 116 Å². The fourth-order valence-electron chi connectivity index (χ4n) is 1.93. The van der Waals surface area contributed by atoms with E-state index >= 15 is 0 Å². The van der Waals surface area contributed by atoms with Gasteiger partial charge in [-0.15, -0.1) is 0 Å². The molecule has 1 saturated heterocycles. The van der Waals surface area contributed by atoms with E-state index in [1.165, 1.54) is 0 Å². The highest BCUT2D eigenvalue weighted by molar-refractivity contribution is 7.85. The average Bonchev–Trinajstić information content (AvgIpc) is 2.27. The van der Waals surface area contributed by atoms with Crippen LogP contribution in [0.1, 0.15) is 27.2 Å². The van der Waals surface area contributed by atoms with E-state index in [1.54, 1.807) is 9.80 Å². The van der Waals surface area contributed by atoms with Crippen molar-refractivity contribution in [3.8, 4) is 0 Å². The number of carbonyl (C=O) groups is 2. The molecule has 1 aliphatic heterocycles. The summed E-state index contributed by atoms with van der Waals surface area (Å²) in [7, 11) is -0.829. The van der Waals surface area contributed by atoms with Crippen molar-refractivity contribution in [3.05, 3.63) is 0 Å². The van der Waals surface area contributed by atoms with Crippen LogP contribution in [0.15, 0.2) is 0 Å². The summed E-state index contributed by atoms with van der Waals surface area (Å²) >= 11 is 0. The minimum atomic E-state index is -0.915. The van der Waals surface area contributed by atoms with Crippen LogP contribution >= 0.6 is 0 Å². The third-order valence-corrected chi connectivity index (χ3v) is 4.31. The van der Waals surface area contributed by atoms with Crippen molar-refractivity contribution in [2.24, 2.45) is 0 Å². The van der Waals surface area contributed by atoms with Gasteiger partial charge in [-0.05, 0) is 20.8 Å². The minimum absolute atomic E-state index is 0.0667. The van der Waals surface area contributed by atoms with Gasteiger partial charge in [0, 0.05) is 47.5 Å². The van der Waals surface area contributed by atoms with Gasteiger partial charge in [0.1, 0.15) is 0 Å². The lowest BCUT2D eigenvalue weighted by molar-refractivity contribution is -0.137. The molecule has 19 heavy (non-hydrogen) atoms. The van der Waals surface area contributed by atoms with Crippen molar-refractivity contribution in [2.45, 2.75) is 32.7 Å². The molecule has 1 N–H and O–H groups in total. The van der Waals surface area contributed by atoms with Crippen LogP contribution < -0.4 is 0 Å². The maximum Gasteiger partial charge on any atom is 0.320 e. The molecule has 110 valence electrons. The summed E-state index contributed by atoms with van der Waals surface area (Å²) in [6, 6.07) is -0.162. The first-order valence-electron chi connectivity index (χ1n) is 6.35. The zero-order valence-electron chi connectivity index (χ0n) is 11.7. The number of rotatable bonds is 3. The first kappa shape index (κ1) is 15.9. The molecular weight excluding hydrogens is 268 g/mol. The van der Waals surface area contributed by atoms with Gasteiger partial charge in [-0.2, -0.15) is 0 Å². The third-order valence-electron chi connectivity index (χ3n) is 3.04. The largest absolute Gasteiger partial charge is 0.481 e. The van der Waals surface area contributed by atoms with Crippen molar-refractivity contribution in [1.82, 2.24) is 9.80 Å². The Kier molecular flexibility index (Phi) is 5.34. The van der Waals surface area contributed by atoms with E-state index < -0.39 is 22.3 Å². The monoisotopic (exact) mass is 290 g/mol. The number of carbonyl (C=O) groups excluding carboxylic acids is 1. The first-order chi connectivity index (χ1) is 8.71. The van der Waals surface area contributed by atoms with Crippen LogP contribution in [0.3, 0.4) is 0 Å². The lowest BCUT2D eigenvalue weighted by atomic mass is 10.1. The van der Waals surface area contributed by atoms with Crippen LogP contribution in [0.2, 0.25) is 0 Å². The molecule has 0 aliphatic carbocycles. The third kappa shape index (κ3) is 4.81. The average molecular weight is 290 g/mol. The van der Waals surface area contributed by atoms with E-state index in [-0.39, 0.29) is 19.0 Å². The van der Waals surface area contributed by atoms with E-state index in [2.05, 4.69) is 0 Å². The molecule has 0 bridgehead atoms. The topological polar surface area (TPSA) is 77.9 Å². The van der Waals surface area contributed by atoms with E-state index in [9.17, 15) is 13.8 Å². The van der Waals surface area contributed by atoms with E-state index in [0.29, 0.717) is 24.6 Å². The van der Waals surface area contributed by atoms with E-state index in [4.69, 9.17) is 5.11 Å². The van der Waals surface area contributed by atoms with Gasteiger partial charge in [0.25, 0.3) is 0 Å². The lowest BCUT2D eigenvalue weighted by Gasteiger charge is -2.40. The summed E-state index contributed by atoms with van der Waals surface area (Å²) in [4.78, 5) is 26.3. The van der Waals surface area contributed by atoms with Crippen molar-refractivity contribution in [2.75, 3.05) is 31.1 Å². The number of hydrogen-bond acceptors (Lipinski definition) is 3. The number of carboxylic acid groups (broad SMARTS) is 1. The fraction of sp³-hybridized carbons (Fsp3) is 0.833. The molecule has 0 aromatic carbocycles. The number of amides is 2. The lowest BCUT2D eigenvalue weighted by Crippen LogP contribution is -2.55. The molecule has 0 saturated carbocycles. The van der Waals surface area contributed by atoms with Gasteiger partial charge in [0.05, 0.1) is 6.42 Å². The van der Waals surface area contributed by atoms with Crippen molar-refractivity contribution in [3.63, 3.8) is 0 Å². The standard InChI is InChI=1S/C12H22N2O4S/c1-12(2,3)14(5-4-10(15)16)11(17)13-6-8-19(18)9-7-13/h4-9H2,1-3H3,(H,15,16). The first-order valence-corrected chi connectivity index (χ1v) is 7.84. The fourth-order valence-corrected chi connectivity index (χ4v) is 2.98. The van der Waals surface area contributed by atoms with Gasteiger partial charge in [0.15, 0.2) is 0 Å². The molecule has 6 nitrogen and oxygen atoms in total. The van der Waals surface area contributed by atoms with Gasteiger partial charge in [-0.3, -0.25) is 9.00 Å². The second-order valence-electron chi connectivity index (χ2n) is 5.58. The number of hydrogen-bond donors (Lipinski definition) is 1. The van der Waals surface area contributed by atoms with E-state index in [1.807, 2.05) is 20.8 Å². The van der Waals surface area contributed by atoms with Crippen molar-refractivity contribution < 1.29 is 18.9 Å². The molecular formula is C12H22N2O4S. The van der Waals surface area contributed by atoms with Gasteiger partial charge in [-0.25, -0.2) is 4.79 Å². The number of nitrogens with zero attached hydrogens (tertiary/aromatic N) is 2. The van der Waals surface area contributed by atoms with Gasteiger partial charge < -0.3 is 14.9 Å². The highest BCUT2D eigenvalue weighted by Gasteiger charge is 2.31. The molecule has 0 radical (unpaired) electrons. The van der Waals surface area contributed by atoms with Gasteiger partial charge in [0.2, 0.25) is 0 Å². The summed E-state index contributed by atoms with van der Waals surface area (Å²) in [6.07, 6.45) is -0.0667. The van der Waals surface area contributed by atoms with Gasteiger partial charge in [-0.1, -0.05) is 0 Å². The highest BCUT2D eigenvalue weighted by atomic mass is 32.2. The molecule has 0 atom stereocenters. The van der Waals surface area contributed by atoms with Gasteiger partial charge >= 0.3 is 12.0 Å². The molecule has 1 rings (SSSR count). The zero-order chi connectivity index (χ0) is 14.6. The summed E-state index contributed by atoms with van der Waals surface area (Å²) in [5.41, 5.74) is -0.427. The smallest absolute Gasteiger partial charge is 0.320 e. The summed E-state index contributed by atoms with van der Waals surface area (Å²) in [5.74, 6) is 0.0903. The quantitative estimate of drug-likeness (QED) is 0.832. The van der Waals surface area contributed by atoms with Crippen LogP contribution in [0.4, 0.5) is 4.79 Å². The summed E-state index contributed by atoms with van der Waals surface area (Å²) < 4.78 is 11.3. The number of urea groups is 1. The molecule has 0 spiro atoms. The number of carboxylic acids is 1. The SMILES string of the molecule is CC(C)(C)N(CCC(=O)O)C(=O)N1CCS(=O)CC1. The summed E-state index contributed by atoms with van der Waals surface area (Å²) in [5, 5.41) is 8.76. The Hall–Kier alpha value is -1.11. The second kappa shape index (κ2) is 6.36. The Bertz CT molecular complexity index is 368. The van der Waals surface area contributed by atoms with Crippen LogP contribution in [0.25, 0.3) is 0 Å². The second-order valence-corrected chi connectivity index (χ2v) is 7.28. The Morgan fingerprint density at radius 1 is 1.26 bits per heavy atom. The van der Waals surface area contributed by atoms with E-state index in [0.717, 1.165) is 0 Å². The maximum atomic E-state index is 12.4. The van der Waals surface area contributed by atoms with Crippen LogP contribution in [0, 0.1) is 0 Å². The molecule has 7 heteroatoms.